The minimum atomic E-state index is -0.0647. The second-order valence-corrected chi connectivity index (χ2v) is 7.55. The van der Waals surface area contributed by atoms with E-state index in [1.807, 2.05) is 24.3 Å². The molecule has 0 bridgehead atoms. The van der Waals surface area contributed by atoms with E-state index >= 15 is 0 Å². The lowest BCUT2D eigenvalue weighted by Gasteiger charge is -2.21. The lowest BCUT2D eigenvalue weighted by atomic mass is 10.0. The number of hydrogen-bond acceptors (Lipinski definition) is 6. The summed E-state index contributed by atoms with van der Waals surface area (Å²) in [5.41, 5.74) is 6.01. The van der Waals surface area contributed by atoms with E-state index in [-0.39, 0.29) is 6.04 Å². The zero-order valence-electron chi connectivity index (χ0n) is 13.7. The number of pyridine rings is 1. The van der Waals surface area contributed by atoms with Crippen molar-refractivity contribution < 1.29 is 9.57 Å². The van der Waals surface area contributed by atoms with Gasteiger partial charge in [-0.3, -0.25) is 9.83 Å². The van der Waals surface area contributed by atoms with E-state index in [1.54, 1.807) is 18.4 Å². The van der Waals surface area contributed by atoms with Crippen LogP contribution in [0.2, 0.25) is 0 Å². The first-order valence-electron chi connectivity index (χ1n) is 7.73. The SMILES string of the molecule is COc1nc(C2=NC(c3sc4c(c3C)C=[C+]C=C4)CON2)ccc1Br. The predicted molar refractivity (Wildman–Crippen MR) is 103 cm³/mol. The monoisotopic (exact) mass is 416 g/mol. The average molecular weight is 417 g/mol. The zero-order chi connectivity index (χ0) is 17.4. The number of halogens is 1. The molecule has 0 radical (unpaired) electrons. The van der Waals surface area contributed by atoms with Gasteiger partial charge in [0.2, 0.25) is 5.88 Å². The van der Waals surface area contributed by atoms with E-state index in [0.29, 0.717) is 24.0 Å². The fraction of sp³-hybridized carbons (Fsp3) is 0.222. The Balaban J connectivity index is 1.71. The van der Waals surface area contributed by atoms with Crippen molar-refractivity contribution in [1.29, 1.82) is 0 Å². The number of thiophene rings is 1. The zero-order valence-corrected chi connectivity index (χ0v) is 16.1. The Morgan fingerprint density at radius 1 is 1.44 bits per heavy atom. The number of hydrogen-bond donors (Lipinski definition) is 1. The predicted octanol–water partition coefficient (Wildman–Crippen LogP) is 4.09. The Hall–Kier alpha value is -2.05. The van der Waals surface area contributed by atoms with Crippen molar-refractivity contribution in [3.63, 3.8) is 0 Å². The number of nitrogens with one attached hydrogen (secondary N) is 1. The number of allylic oxidation sites excluding steroid dienone is 2. The van der Waals surface area contributed by atoms with Crippen molar-refractivity contribution in [1.82, 2.24) is 10.5 Å². The Morgan fingerprint density at radius 2 is 2.32 bits per heavy atom. The summed E-state index contributed by atoms with van der Waals surface area (Å²) in [4.78, 5) is 17.3. The summed E-state index contributed by atoms with van der Waals surface area (Å²) in [6.45, 7) is 2.61. The van der Waals surface area contributed by atoms with Crippen molar-refractivity contribution in [2.45, 2.75) is 13.0 Å². The van der Waals surface area contributed by atoms with Crippen LogP contribution >= 0.6 is 27.3 Å². The van der Waals surface area contributed by atoms with Gasteiger partial charge in [-0.1, -0.05) is 0 Å². The molecule has 2 aromatic heterocycles. The molecule has 4 rings (SSSR count). The first-order valence-corrected chi connectivity index (χ1v) is 9.34. The highest BCUT2D eigenvalue weighted by molar-refractivity contribution is 9.10. The van der Waals surface area contributed by atoms with Crippen molar-refractivity contribution in [3.8, 4) is 5.88 Å². The van der Waals surface area contributed by atoms with Crippen LogP contribution in [0.3, 0.4) is 0 Å². The normalized spacial score (nSPS) is 18.2. The molecule has 0 spiro atoms. The minimum absolute atomic E-state index is 0.0647. The summed E-state index contributed by atoms with van der Waals surface area (Å²) in [5, 5.41) is 0. The van der Waals surface area contributed by atoms with Gasteiger partial charge in [-0.15, -0.1) is 11.3 Å². The number of hydroxylamine groups is 1. The van der Waals surface area contributed by atoms with Gasteiger partial charge in [0.15, 0.2) is 5.84 Å². The van der Waals surface area contributed by atoms with Gasteiger partial charge in [-0.2, -0.15) is 0 Å². The maximum Gasteiger partial charge on any atom is 0.228 e. The van der Waals surface area contributed by atoms with Crippen molar-refractivity contribution in [2.75, 3.05) is 13.7 Å². The Morgan fingerprint density at radius 3 is 3.12 bits per heavy atom. The molecular formula is C18H15BrN3O2S+. The smallest absolute Gasteiger partial charge is 0.228 e. The van der Waals surface area contributed by atoms with Crippen LogP contribution in [0, 0.1) is 13.0 Å². The molecule has 5 nitrogen and oxygen atoms in total. The molecule has 0 aromatic carbocycles. The molecule has 1 aliphatic carbocycles. The maximum absolute atomic E-state index is 5.58. The molecule has 1 atom stereocenters. The fourth-order valence-electron chi connectivity index (χ4n) is 2.80. The van der Waals surface area contributed by atoms with E-state index in [2.05, 4.69) is 45.5 Å². The summed E-state index contributed by atoms with van der Waals surface area (Å²) >= 11 is 5.16. The van der Waals surface area contributed by atoms with E-state index in [0.717, 1.165) is 4.47 Å². The van der Waals surface area contributed by atoms with Gasteiger partial charge in [0.05, 0.1) is 22.5 Å². The third kappa shape index (κ3) is 3.00. The standard InChI is InChI=1S/C18H15BrN3O2S/c1-10-11-5-3-4-6-15(11)25-16(10)14-9-24-22-17(20-14)13-8-7-12(19)18(21-13)23-2/h4-8,14H,9H2,1-2H3,(H,20,22)/q+1. The molecule has 1 N–H and O–H groups in total. The largest absolute Gasteiger partial charge is 0.480 e. The molecule has 7 heteroatoms. The van der Waals surface area contributed by atoms with Gasteiger partial charge in [0, 0.05) is 11.6 Å². The number of aliphatic imine (C=N–C) groups is 1. The highest BCUT2D eigenvalue weighted by Crippen LogP contribution is 2.38. The molecule has 2 aromatic rings. The van der Waals surface area contributed by atoms with Crippen molar-refractivity contribution in [3.05, 3.63) is 55.3 Å². The first kappa shape index (κ1) is 16.4. The number of aromatic nitrogens is 1. The molecule has 0 saturated heterocycles. The van der Waals surface area contributed by atoms with E-state index in [4.69, 9.17) is 14.6 Å². The fourth-order valence-corrected chi connectivity index (χ4v) is 4.40. The van der Waals surface area contributed by atoms with Crippen LogP contribution in [-0.4, -0.2) is 24.5 Å². The second kappa shape index (κ2) is 6.69. The van der Waals surface area contributed by atoms with Gasteiger partial charge in [-0.05, 0) is 35.0 Å². The van der Waals surface area contributed by atoms with Crippen LogP contribution < -0.4 is 10.2 Å². The molecule has 0 amide bonds. The topological polar surface area (TPSA) is 55.7 Å². The summed E-state index contributed by atoms with van der Waals surface area (Å²) in [6, 6.07) is 3.69. The lowest BCUT2D eigenvalue weighted by Crippen LogP contribution is -2.33. The number of methoxy groups -OCH3 is 1. The molecule has 2 aliphatic rings. The molecule has 25 heavy (non-hydrogen) atoms. The van der Waals surface area contributed by atoms with Crippen LogP contribution in [-0.2, 0) is 4.84 Å². The average Bonchev–Trinajstić information content (AvgIpc) is 2.99. The van der Waals surface area contributed by atoms with Gasteiger partial charge < -0.3 is 4.74 Å². The van der Waals surface area contributed by atoms with Gasteiger partial charge in [-0.25, -0.2) is 10.5 Å². The number of nitrogens with zero attached hydrogens (tertiary/aromatic N) is 2. The second-order valence-electron chi connectivity index (χ2n) is 5.61. The minimum Gasteiger partial charge on any atom is -0.480 e. The summed E-state index contributed by atoms with van der Waals surface area (Å²) in [7, 11) is 1.59. The third-order valence-corrected chi connectivity index (χ3v) is 6.04. The molecule has 1 unspecified atom stereocenters. The van der Waals surface area contributed by atoms with Crippen LogP contribution in [0.25, 0.3) is 12.2 Å². The summed E-state index contributed by atoms with van der Waals surface area (Å²) < 4.78 is 6.06. The van der Waals surface area contributed by atoms with Gasteiger partial charge in [0.1, 0.15) is 40.9 Å². The quantitative estimate of drug-likeness (QED) is 0.765. The Labute approximate surface area is 158 Å². The highest BCUT2D eigenvalue weighted by atomic mass is 79.9. The van der Waals surface area contributed by atoms with Crippen LogP contribution in [0.1, 0.15) is 32.6 Å². The lowest BCUT2D eigenvalue weighted by molar-refractivity contribution is 0.0626. The molecular weight excluding hydrogens is 402 g/mol. The van der Waals surface area contributed by atoms with E-state index < -0.39 is 0 Å². The Bertz CT molecular complexity index is 917. The molecule has 3 heterocycles. The number of fused-ring (bicyclic) bond motifs is 1. The summed E-state index contributed by atoms with van der Waals surface area (Å²) in [5.74, 6) is 1.11. The van der Waals surface area contributed by atoms with Crippen molar-refractivity contribution >= 4 is 45.3 Å². The number of ether oxygens (including phenoxy) is 1. The number of rotatable bonds is 3. The highest BCUT2D eigenvalue weighted by Gasteiger charge is 2.28. The number of amidine groups is 1. The maximum atomic E-state index is 5.58. The first-order chi connectivity index (χ1) is 12.2. The summed E-state index contributed by atoms with van der Waals surface area (Å²) in [6.07, 6.45) is 9.20. The van der Waals surface area contributed by atoms with E-state index in [9.17, 15) is 0 Å². The van der Waals surface area contributed by atoms with Gasteiger partial charge in [0.25, 0.3) is 0 Å². The molecule has 0 fully saturated rings. The molecule has 0 saturated carbocycles. The molecule has 1 aliphatic heterocycles. The molecule has 126 valence electrons. The van der Waals surface area contributed by atoms with Gasteiger partial charge >= 0.3 is 0 Å². The Kier molecular flexibility index (Phi) is 4.39. The van der Waals surface area contributed by atoms with Crippen LogP contribution in [0.5, 0.6) is 5.88 Å². The van der Waals surface area contributed by atoms with Crippen LogP contribution in [0.15, 0.2) is 27.7 Å². The van der Waals surface area contributed by atoms with Crippen molar-refractivity contribution in [2.24, 2.45) is 4.99 Å². The van der Waals surface area contributed by atoms with Crippen LogP contribution in [0.4, 0.5) is 0 Å². The van der Waals surface area contributed by atoms with E-state index in [1.165, 1.54) is 20.9 Å². The third-order valence-electron chi connectivity index (χ3n) is 4.07.